The molecule has 0 aliphatic heterocycles. The summed E-state index contributed by atoms with van der Waals surface area (Å²) in [6.45, 7) is 0.673. The second kappa shape index (κ2) is 7.64. The van der Waals surface area contributed by atoms with Crippen molar-refractivity contribution in [3.63, 3.8) is 0 Å². The van der Waals surface area contributed by atoms with Gasteiger partial charge in [-0.1, -0.05) is 35.9 Å². The van der Waals surface area contributed by atoms with Crippen molar-refractivity contribution in [2.24, 2.45) is 0 Å². The summed E-state index contributed by atoms with van der Waals surface area (Å²) in [6.07, 6.45) is 1.85. The number of halogens is 2. The average molecular weight is 400 g/mol. The van der Waals surface area contributed by atoms with E-state index in [-0.39, 0.29) is 5.91 Å². The Kier molecular flexibility index (Phi) is 5.86. The highest BCUT2D eigenvalue weighted by atomic mass is 127. The van der Waals surface area contributed by atoms with Crippen molar-refractivity contribution in [1.29, 1.82) is 0 Å². The molecule has 4 heteroatoms. The molecule has 0 fully saturated rings. The van der Waals surface area contributed by atoms with E-state index in [1.54, 1.807) is 0 Å². The molecule has 0 heterocycles. The molecule has 2 aromatic carbocycles. The van der Waals surface area contributed by atoms with E-state index in [0.29, 0.717) is 6.54 Å². The zero-order valence-electron chi connectivity index (χ0n) is 10.9. The van der Waals surface area contributed by atoms with E-state index in [1.165, 1.54) is 5.56 Å². The van der Waals surface area contributed by atoms with E-state index >= 15 is 0 Å². The Hall–Kier alpha value is -1.07. The molecule has 2 aromatic rings. The summed E-state index contributed by atoms with van der Waals surface area (Å²) >= 11 is 8.02. The number of rotatable bonds is 5. The van der Waals surface area contributed by atoms with E-state index in [9.17, 15) is 4.79 Å². The summed E-state index contributed by atoms with van der Waals surface area (Å²) in [7, 11) is 0. The Morgan fingerprint density at radius 1 is 1.10 bits per heavy atom. The Labute approximate surface area is 137 Å². The largest absolute Gasteiger partial charge is 0.352 e. The fourth-order valence-corrected chi connectivity index (χ4v) is 2.64. The second-order valence-corrected chi connectivity index (χ2v) is 6.06. The summed E-state index contributed by atoms with van der Waals surface area (Å²) in [4.78, 5) is 12.0. The van der Waals surface area contributed by atoms with Gasteiger partial charge in [-0.05, 0) is 65.3 Å². The molecule has 0 saturated carbocycles. The number of hydrogen-bond donors (Lipinski definition) is 1. The molecule has 0 saturated heterocycles. The number of hydrogen-bond acceptors (Lipinski definition) is 1. The lowest BCUT2D eigenvalue weighted by molar-refractivity contribution is 0.0952. The predicted molar refractivity (Wildman–Crippen MR) is 91.3 cm³/mol. The molecule has 0 unspecified atom stereocenters. The van der Waals surface area contributed by atoms with Gasteiger partial charge in [0.2, 0.25) is 0 Å². The molecule has 104 valence electrons. The molecule has 0 atom stereocenters. The maximum atomic E-state index is 12.0. The number of aryl methyl sites for hydroxylation is 1. The van der Waals surface area contributed by atoms with Gasteiger partial charge in [-0.3, -0.25) is 4.79 Å². The lowest BCUT2D eigenvalue weighted by Gasteiger charge is -2.07. The van der Waals surface area contributed by atoms with Crippen LogP contribution < -0.4 is 5.32 Å². The molecule has 0 spiro atoms. The van der Waals surface area contributed by atoms with Crippen LogP contribution in [0.3, 0.4) is 0 Å². The van der Waals surface area contributed by atoms with Gasteiger partial charge < -0.3 is 5.32 Å². The van der Waals surface area contributed by atoms with Crippen LogP contribution in [-0.2, 0) is 6.42 Å². The lowest BCUT2D eigenvalue weighted by Crippen LogP contribution is -2.25. The van der Waals surface area contributed by atoms with Crippen molar-refractivity contribution < 1.29 is 4.79 Å². The van der Waals surface area contributed by atoms with Gasteiger partial charge in [0.1, 0.15) is 0 Å². The molecule has 1 amide bonds. The van der Waals surface area contributed by atoms with Gasteiger partial charge in [0.15, 0.2) is 0 Å². The summed E-state index contributed by atoms with van der Waals surface area (Å²) in [5, 5.41) is 3.70. The van der Waals surface area contributed by atoms with Gasteiger partial charge in [-0.25, -0.2) is 0 Å². The van der Waals surface area contributed by atoms with Crippen LogP contribution in [0.25, 0.3) is 0 Å². The Morgan fingerprint density at radius 2 is 1.80 bits per heavy atom. The van der Waals surface area contributed by atoms with Gasteiger partial charge in [-0.2, -0.15) is 0 Å². The van der Waals surface area contributed by atoms with Crippen LogP contribution in [0, 0.1) is 3.57 Å². The van der Waals surface area contributed by atoms with Crippen molar-refractivity contribution in [1.82, 2.24) is 5.32 Å². The first kappa shape index (κ1) is 15.3. The first-order valence-electron chi connectivity index (χ1n) is 6.44. The average Bonchev–Trinajstić information content (AvgIpc) is 2.46. The van der Waals surface area contributed by atoms with Gasteiger partial charge in [0.25, 0.3) is 5.91 Å². The molecule has 0 bridgehead atoms. The highest BCUT2D eigenvalue weighted by Crippen LogP contribution is 2.12. The second-order valence-electron chi connectivity index (χ2n) is 4.47. The van der Waals surface area contributed by atoms with Crippen LogP contribution in [0.4, 0.5) is 0 Å². The van der Waals surface area contributed by atoms with Crippen molar-refractivity contribution >= 4 is 40.1 Å². The molecule has 0 aromatic heterocycles. The maximum absolute atomic E-state index is 12.0. The van der Waals surface area contributed by atoms with Crippen molar-refractivity contribution in [3.05, 3.63) is 68.3 Å². The van der Waals surface area contributed by atoms with Crippen LogP contribution >= 0.6 is 34.2 Å². The molecule has 2 nitrogen and oxygen atoms in total. The number of carbonyl (C=O) groups excluding carboxylic acids is 1. The van der Waals surface area contributed by atoms with Gasteiger partial charge in [0.05, 0.1) is 5.56 Å². The topological polar surface area (TPSA) is 29.1 Å². The van der Waals surface area contributed by atoms with Gasteiger partial charge in [0, 0.05) is 15.1 Å². The van der Waals surface area contributed by atoms with E-state index in [0.717, 1.165) is 27.0 Å². The maximum Gasteiger partial charge on any atom is 0.252 e. The quantitative estimate of drug-likeness (QED) is 0.589. The molecule has 0 aliphatic rings. The summed E-state index contributed by atoms with van der Waals surface area (Å²) in [5.74, 6) is -0.00824. The minimum atomic E-state index is -0.00824. The molecular weight excluding hydrogens is 385 g/mol. The number of benzene rings is 2. The minimum absolute atomic E-state index is 0.00824. The third kappa shape index (κ3) is 4.49. The fraction of sp³-hybridized carbons (Fsp3) is 0.188. The van der Waals surface area contributed by atoms with Crippen LogP contribution in [0.15, 0.2) is 48.5 Å². The molecule has 2 rings (SSSR count). The summed E-state index contributed by atoms with van der Waals surface area (Å²) in [6, 6.07) is 15.4. The zero-order chi connectivity index (χ0) is 14.4. The van der Waals surface area contributed by atoms with Crippen LogP contribution in [0.1, 0.15) is 22.3 Å². The first-order chi connectivity index (χ1) is 9.66. The van der Waals surface area contributed by atoms with Crippen LogP contribution in [0.2, 0.25) is 5.02 Å². The molecule has 0 aliphatic carbocycles. The Balaban J connectivity index is 1.77. The summed E-state index contributed by atoms with van der Waals surface area (Å²) < 4.78 is 0.973. The monoisotopic (exact) mass is 399 g/mol. The molecule has 0 radical (unpaired) electrons. The van der Waals surface area contributed by atoms with Crippen molar-refractivity contribution in [2.45, 2.75) is 12.8 Å². The first-order valence-corrected chi connectivity index (χ1v) is 7.89. The van der Waals surface area contributed by atoms with E-state index < -0.39 is 0 Å². The normalized spacial score (nSPS) is 10.3. The molecule has 1 N–H and O–H groups in total. The van der Waals surface area contributed by atoms with E-state index in [4.69, 9.17) is 11.6 Å². The van der Waals surface area contributed by atoms with Crippen molar-refractivity contribution in [2.75, 3.05) is 6.54 Å². The highest BCUT2D eigenvalue weighted by Gasteiger charge is 2.07. The number of amides is 1. The zero-order valence-corrected chi connectivity index (χ0v) is 13.8. The van der Waals surface area contributed by atoms with Gasteiger partial charge >= 0.3 is 0 Å². The number of nitrogens with one attached hydrogen (secondary N) is 1. The van der Waals surface area contributed by atoms with Crippen molar-refractivity contribution in [3.8, 4) is 0 Å². The lowest BCUT2D eigenvalue weighted by atomic mass is 10.1. The van der Waals surface area contributed by atoms with E-state index in [2.05, 4.69) is 27.9 Å². The Morgan fingerprint density at radius 3 is 2.50 bits per heavy atom. The minimum Gasteiger partial charge on any atom is -0.352 e. The predicted octanol–water partition coefficient (Wildman–Crippen LogP) is 4.31. The molecular formula is C16H15ClINO. The fourth-order valence-electron chi connectivity index (χ4n) is 1.89. The van der Waals surface area contributed by atoms with Crippen LogP contribution in [0.5, 0.6) is 0 Å². The van der Waals surface area contributed by atoms with E-state index in [1.807, 2.05) is 48.5 Å². The summed E-state index contributed by atoms with van der Waals surface area (Å²) in [5.41, 5.74) is 1.97. The third-order valence-corrected chi connectivity index (χ3v) is 4.15. The Bertz CT molecular complexity index is 583. The van der Waals surface area contributed by atoms with Crippen LogP contribution in [-0.4, -0.2) is 12.5 Å². The third-order valence-electron chi connectivity index (χ3n) is 2.96. The smallest absolute Gasteiger partial charge is 0.252 e. The molecule has 20 heavy (non-hydrogen) atoms. The SMILES string of the molecule is O=C(NCCCc1ccc(Cl)cc1)c1ccccc1I. The van der Waals surface area contributed by atoms with Gasteiger partial charge in [-0.15, -0.1) is 0 Å². The highest BCUT2D eigenvalue weighted by molar-refractivity contribution is 14.1. The number of carbonyl (C=O) groups is 1. The standard InChI is InChI=1S/C16H15ClINO/c17-13-9-7-12(8-10-13)4-3-11-19-16(20)14-5-1-2-6-15(14)18/h1-2,5-10H,3-4,11H2,(H,19,20).